The summed E-state index contributed by atoms with van der Waals surface area (Å²) in [7, 11) is 0. The fourth-order valence-corrected chi connectivity index (χ4v) is 2.16. The first-order chi connectivity index (χ1) is 9.16. The zero-order valence-corrected chi connectivity index (χ0v) is 10.2. The van der Waals surface area contributed by atoms with E-state index in [9.17, 15) is 4.79 Å². The molecule has 1 aromatic carbocycles. The average Bonchev–Trinajstić information content (AvgIpc) is 2.74. The third-order valence-corrected chi connectivity index (χ3v) is 2.98. The summed E-state index contributed by atoms with van der Waals surface area (Å²) in [5.74, 6) is -0.346. The van der Waals surface area contributed by atoms with Crippen molar-refractivity contribution in [2.45, 2.75) is 6.92 Å². The van der Waals surface area contributed by atoms with Crippen molar-refractivity contribution in [3.05, 3.63) is 54.0 Å². The van der Waals surface area contributed by atoms with Crippen LogP contribution in [0.25, 0.3) is 16.9 Å². The van der Waals surface area contributed by atoms with E-state index in [0.717, 1.165) is 16.6 Å². The van der Waals surface area contributed by atoms with Gasteiger partial charge < -0.3 is 5.11 Å². The molecule has 94 valence electrons. The Morgan fingerprint density at radius 3 is 2.63 bits per heavy atom. The van der Waals surface area contributed by atoms with Gasteiger partial charge in [0, 0.05) is 23.5 Å². The van der Waals surface area contributed by atoms with Crippen LogP contribution in [0.5, 0.6) is 0 Å². The second-order valence-electron chi connectivity index (χ2n) is 4.25. The number of rotatable bonds is 2. The molecule has 5 nitrogen and oxygen atoms in total. The summed E-state index contributed by atoms with van der Waals surface area (Å²) < 4.78 is 1.90. The number of carboxylic acid groups (broad SMARTS) is 1. The smallest absolute Gasteiger partial charge is 0.335 e. The minimum atomic E-state index is -0.928. The summed E-state index contributed by atoms with van der Waals surface area (Å²) in [5, 5.41) is 9.87. The number of nitrogens with zero attached hydrogens (tertiary/aromatic N) is 3. The van der Waals surface area contributed by atoms with E-state index < -0.39 is 5.97 Å². The molecule has 0 bridgehead atoms. The number of benzene rings is 1. The Morgan fingerprint density at radius 2 is 1.95 bits per heavy atom. The van der Waals surface area contributed by atoms with Gasteiger partial charge in [-0.15, -0.1) is 0 Å². The number of aromatic nitrogens is 3. The molecule has 0 aliphatic carbocycles. The van der Waals surface area contributed by atoms with E-state index in [1.54, 1.807) is 36.7 Å². The minimum absolute atomic E-state index is 0.277. The van der Waals surface area contributed by atoms with Crippen molar-refractivity contribution in [3.8, 4) is 5.95 Å². The molecule has 0 amide bonds. The Kier molecular flexibility index (Phi) is 2.52. The van der Waals surface area contributed by atoms with E-state index >= 15 is 0 Å². The highest BCUT2D eigenvalue weighted by atomic mass is 16.4. The number of carbonyl (C=O) groups is 1. The molecule has 0 unspecified atom stereocenters. The Morgan fingerprint density at radius 1 is 1.21 bits per heavy atom. The molecular weight excluding hydrogens is 242 g/mol. The van der Waals surface area contributed by atoms with Crippen molar-refractivity contribution in [2.24, 2.45) is 0 Å². The molecule has 0 fully saturated rings. The van der Waals surface area contributed by atoms with Gasteiger partial charge in [-0.1, -0.05) is 0 Å². The summed E-state index contributed by atoms with van der Waals surface area (Å²) in [5.41, 5.74) is 2.14. The first kappa shape index (κ1) is 11.4. The average molecular weight is 253 g/mol. The number of aromatic carboxylic acids is 1. The fraction of sp³-hybridized carbons (Fsp3) is 0.0714. The lowest BCUT2D eigenvalue weighted by atomic mass is 10.1. The Labute approximate surface area is 109 Å². The first-order valence-electron chi connectivity index (χ1n) is 5.79. The van der Waals surface area contributed by atoms with Crippen molar-refractivity contribution in [1.29, 1.82) is 0 Å². The summed E-state index contributed by atoms with van der Waals surface area (Å²) >= 11 is 0. The molecule has 0 saturated heterocycles. The summed E-state index contributed by atoms with van der Waals surface area (Å²) in [6, 6.07) is 8.71. The molecule has 2 aromatic heterocycles. The van der Waals surface area contributed by atoms with Crippen LogP contribution < -0.4 is 0 Å². The largest absolute Gasteiger partial charge is 0.478 e. The SMILES string of the molecule is Cc1cc2cc(C(=O)O)ccc2n1-c1ncccn1. The maximum absolute atomic E-state index is 11.0. The van der Waals surface area contributed by atoms with E-state index in [0.29, 0.717) is 5.95 Å². The van der Waals surface area contributed by atoms with Crippen LogP contribution in [0, 0.1) is 6.92 Å². The standard InChI is InChI=1S/C14H11N3O2/c1-9-7-11-8-10(13(18)19)3-4-12(11)17(9)14-15-5-2-6-16-14/h2-8H,1H3,(H,18,19). The Hall–Kier alpha value is -2.69. The van der Waals surface area contributed by atoms with E-state index in [1.165, 1.54) is 0 Å². The van der Waals surface area contributed by atoms with E-state index in [1.807, 2.05) is 17.6 Å². The summed E-state index contributed by atoms with van der Waals surface area (Å²) in [4.78, 5) is 19.4. The van der Waals surface area contributed by atoms with Crippen molar-refractivity contribution >= 4 is 16.9 Å². The highest BCUT2D eigenvalue weighted by Crippen LogP contribution is 2.23. The molecule has 5 heteroatoms. The van der Waals surface area contributed by atoms with Gasteiger partial charge in [-0.25, -0.2) is 14.8 Å². The highest BCUT2D eigenvalue weighted by molar-refractivity contribution is 5.94. The summed E-state index contributed by atoms with van der Waals surface area (Å²) in [6.45, 7) is 1.94. The predicted octanol–water partition coefficient (Wildman–Crippen LogP) is 2.43. The van der Waals surface area contributed by atoms with Gasteiger partial charge in [0.2, 0.25) is 5.95 Å². The lowest BCUT2D eigenvalue weighted by Crippen LogP contribution is -2.01. The van der Waals surface area contributed by atoms with E-state index in [2.05, 4.69) is 9.97 Å². The molecular formula is C14H11N3O2. The molecule has 0 spiro atoms. The molecule has 0 saturated carbocycles. The van der Waals surface area contributed by atoms with Crippen LogP contribution in [0.15, 0.2) is 42.7 Å². The predicted molar refractivity (Wildman–Crippen MR) is 70.6 cm³/mol. The lowest BCUT2D eigenvalue weighted by molar-refractivity contribution is 0.0697. The van der Waals surface area contributed by atoms with Crippen LogP contribution in [0.4, 0.5) is 0 Å². The molecule has 0 aliphatic rings. The van der Waals surface area contributed by atoms with Gasteiger partial charge >= 0.3 is 5.97 Å². The van der Waals surface area contributed by atoms with Gasteiger partial charge in [0.05, 0.1) is 11.1 Å². The monoisotopic (exact) mass is 253 g/mol. The molecule has 0 aliphatic heterocycles. The van der Waals surface area contributed by atoms with Gasteiger partial charge in [0.25, 0.3) is 0 Å². The second kappa shape index (κ2) is 4.20. The van der Waals surface area contributed by atoms with Crippen molar-refractivity contribution in [2.75, 3.05) is 0 Å². The maximum Gasteiger partial charge on any atom is 0.335 e. The van der Waals surface area contributed by atoms with Crippen LogP contribution in [0.2, 0.25) is 0 Å². The topological polar surface area (TPSA) is 68.0 Å². The second-order valence-corrected chi connectivity index (χ2v) is 4.25. The van der Waals surface area contributed by atoms with Gasteiger partial charge in [0.15, 0.2) is 0 Å². The molecule has 3 rings (SSSR count). The van der Waals surface area contributed by atoms with Crippen LogP contribution in [-0.4, -0.2) is 25.6 Å². The minimum Gasteiger partial charge on any atom is -0.478 e. The maximum atomic E-state index is 11.0. The zero-order valence-electron chi connectivity index (χ0n) is 10.2. The number of hydrogen-bond acceptors (Lipinski definition) is 3. The molecule has 0 atom stereocenters. The number of carboxylic acids is 1. The fourth-order valence-electron chi connectivity index (χ4n) is 2.16. The number of fused-ring (bicyclic) bond motifs is 1. The highest BCUT2D eigenvalue weighted by Gasteiger charge is 2.11. The third kappa shape index (κ3) is 1.85. The molecule has 1 N–H and O–H groups in total. The molecule has 0 radical (unpaired) electrons. The quantitative estimate of drug-likeness (QED) is 0.761. The van der Waals surface area contributed by atoms with E-state index in [4.69, 9.17) is 5.11 Å². The first-order valence-corrected chi connectivity index (χ1v) is 5.79. The number of hydrogen-bond donors (Lipinski definition) is 1. The van der Waals surface area contributed by atoms with Crippen LogP contribution in [0.3, 0.4) is 0 Å². The van der Waals surface area contributed by atoms with Crippen LogP contribution >= 0.6 is 0 Å². The van der Waals surface area contributed by atoms with Crippen LogP contribution in [-0.2, 0) is 0 Å². The van der Waals surface area contributed by atoms with Gasteiger partial charge in [0.1, 0.15) is 0 Å². The normalized spacial score (nSPS) is 10.8. The van der Waals surface area contributed by atoms with Gasteiger partial charge in [-0.3, -0.25) is 4.57 Å². The third-order valence-electron chi connectivity index (χ3n) is 2.98. The van der Waals surface area contributed by atoms with Crippen molar-refractivity contribution in [1.82, 2.24) is 14.5 Å². The molecule has 19 heavy (non-hydrogen) atoms. The van der Waals surface area contributed by atoms with Gasteiger partial charge in [-0.2, -0.15) is 0 Å². The van der Waals surface area contributed by atoms with E-state index in [-0.39, 0.29) is 5.56 Å². The number of aryl methyl sites for hydroxylation is 1. The lowest BCUT2D eigenvalue weighted by Gasteiger charge is -2.05. The van der Waals surface area contributed by atoms with Crippen molar-refractivity contribution in [3.63, 3.8) is 0 Å². The zero-order chi connectivity index (χ0) is 13.4. The molecule has 3 aromatic rings. The Bertz CT molecular complexity index is 763. The Balaban J connectivity index is 2.27. The molecule has 2 heterocycles. The van der Waals surface area contributed by atoms with Crippen molar-refractivity contribution < 1.29 is 9.90 Å². The van der Waals surface area contributed by atoms with Gasteiger partial charge in [-0.05, 0) is 37.3 Å². The summed E-state index contributed by atoms with van der Waals surface area (Å²) in [6.07, 6.45) is 3.36. The van der Waals surface area contributed by atoms with Crippen LogP contribution in [0.1, 0.15) is 16.1 Å².